The fourth-order valence-electron chi connectivity index (χ4n) is 0.892. The highest BCUT2D eigenvalue weighted by molar-refractivity contribution is 6.29. The minimum atomic E-state index is 0.498. The van der Waals surface area contributed by atoms with Gasteiger partial charge in [0.2, 0.25) is 0 Å². The second-order valence-corrected chi connectivity index (χ2v) is 3.32. The van der Waals surface area contributed by atoms with E-state index in [0.717, 1.165) is 5.56 Å². The molecule has 0 aliphatic heterocycles. The second kappa shape index (κ2) is 4.23. The zero-order valence-corrected chi connectivity index (χ0v) is 8.47. The quantitative estimate of drug-likeness (QED) is 0.449. The van der Waals surface area contributed by atoms with Crippen LogP contribution in [-0.2, 0) is 6.54 Å². The van der Waals surface area contributed by atoms with Crippen LogP contribution in [0.1, 0.15) is 12.5 Å². The summed E-state index contributed by atoms with van der Waals surface area (Å²) in [6.07, 6.45) is 1.72. The molecule has 1 aromatic heterocycles. The third-order valence-corrected chi connectivity index (χ3v) is 2.00. The largest absolute Gasteiger partial charge is 0.359 e. The van der Waals surface area contributed by atoms with Crippen molar-refractivity contribution in [2.45, 2.75) is 13.5 Å². The van der Waals surface area contributed by atoms with Gasteiger partial charge in [-0.2, -0.15) is 0 Å². The molecule has 1 heterocycles. The lowest BCUT2D eigenvalue weighted by atomic mass is 10.3. The monoisotopic (exact) mass is 197 g/mol. The number of hydrogen-bond acceptors (Lipinski definition) is 2. The Balaban J connectivity index is 2.64. The number of nitrogens with zero attached hydrogens (tertiary/aromatic N) is 2. The molecule has 1 rings (SSSR count). The van der Waals surface area contributed by atoms with Crippen LogP contribution in [-0.4, -0.2) is 22.8 Å². The second-order valence-electron chi connectivity index (χ2n) is 2.93. The molecular weight excluding hydrogens is 186 g/mol. The fraction of sp³-hybridized carbons (Fsp3) is 0.333. The van der Waals surface area contributed by atoms with Crippen molar-refractivity contribution in [1.82, 2.24) is 9.88 Å². The summed E-state index contributed by atoms with van der Waals surface area (Å²) in [5.41, 5.74) is 1.05. The molecule has 0 aliphatic carbocycles. The van der Waals surface area contributed by atoms with Crippen LogP contribution in [0.25, 0.3) is 0 Å². The van der Waals surface area contributed by atoms with Crippen molar-refractivity contribution < 1.29 is 0 Å². The maximum atomic E-state index is 7.37. The van der Waals surface area contributed by atoms with Gasteiger partial charge in [-0.05, 0) is 18.6 Å². The van der Waals surface area contributed by atoms with Crippen molar-refractivity contribution in [2.75, 3.05) is 7.05 Å². The number of rotatable bonds is 2. The Bertz CT molecular complexity index is 294. The third-order valence-electron chi connectivity index (χ3n) is 1.78. The molecule has 0 spiro atoms. The molecule has 13 heavy (non-hydrogen) atoms. The highest BCUT2D eigenvalue weighted by Gasteiger charge is 2.00. The number of halogens is 1. The predicted molar refractivity (Wildman–Crippen MR) is 54.1 cm³/mol. The Morgan fingerprint density at radius 3 is 2.77 bits per heavy atom. The van der Waals surface area contributed by atoms with Gasteiger partial charge in [-0.3, -0.25) is 5.41 Å². The van der Waals surface area contributed by atoms with E-state index in [1.807, 2.05) is 18.0 Å². The van der Waals surface area contributed by atoms with Crippen LogP contribution in [0.15, 0.2) is 18.3 Å². The molecule has 0 atom stereocenters. The molecule has 0 amide bonds. The first-order valence-corrected chi connectivity index (χ1v) is 4.34. The molecular formula is C9H12ClN3. The van der Waals surface area contributed by atoms with Gasteiger partial charge in [0.05, 0.1) is 5.84 Å². The normalized spacial score (nSPS) is 9.77. The number of pyridine rings is 1. The summed E-state index contributed by atoms with van der Waals surface area (Å²) in [6, 6.07) is 3.67. The summed E-state index contributed by atoms with van der Waals surface area (Å²) in [5, 5.41) is 7.87. The highest BCUT2D eigenvalue weighted by Crippen LogP contribution is 2.06. The summed E-state index contributed by atoms with van der Waals surface area (Å²) >= 11 is 5.64. The highest BCUT2D eigenvalue weighted by atomic mass is 35.5. The van der Waals surface area contributed by atoms with E-state index >= 15 is 0 Å². The van der Waals surface area contributed by atoms with E-state index < -0.39 is 0 Å². The summed E-state index contributed by atoms with van der Waals surface area (Å²) in [5.74, 6) is 0.537. The Morgan fingerprint density at radius 1 is 1.62 bits per heavy atom. The zero-order chi connectivity index (χ0) is 9.84. The van der Waals surface area contributed by atoms with Crippen molar-refractivity contribution in [3.8, 4) is 0 Å². The molecule has 0 saturated heterocycles. The van der Waals surface area contributed by atoms with E-state index in [4.69, 9.17) is 17.0 Å². The Kier molecular flexibility index (Phi) is 3.25. The maximum Gasteiger partial charge on any atom is 0.129 e. The third kappa shape index (κ3) is 3.03. The van der Waals surface area contributed by atoms with Crippen molar-refractivity contribution in [1.29, 1.82) is 5.41 Å². The van der Waals surface area contributed by atoms with Gasteiger partial charge in [0.15, 0.2) is 0 Å². The van der Waals surface area contributed by atoms with E-state index in [1.54, 1.807) is 19.2 Å². The first-order valence-electron chi connectivity index (χ1n) is 3.96. The fourth-order valence-corrected chi connectivity index (χ4v) is 1.00. The van der Waals surface area contributed by atoms with E-state index in [9.17, 15) is 0 Å². The molecule has 0 aliphatic rings. The van der Waals surface area contributed by atoms with Crippen molar-refractivity contribution in [3.05, 3.63) is 29.0 Å². The topological polar surface area (TPSA) is 40.0 Å². The van der Waals surface area contributed by atoms with Gasteiger partial charge < -0.3 is 4.90 Å². The van der Waals surface area contributed by atoms with Crippen LogP contribution in [0.4, 0.5) is 0 Å². The van der Waals surface area contributed by atoms with Gasteiger partial charge in [0.25, 0.3) is 0 Å². The van der Waals surface area contributed by atoms with E-state index in [1.165, 1.54) is 0 Å². The smallest absolute Gasteiger partial charge is 0.129 e. The molecule has 4 heteroatoms. The molecule has 3 nitrogen and oxygen atoms in total. The average molecular weight is 198 g/mol. The van der Waals surface area contributed by atoms with Gasteiger partial charge in [-0.15, -0.1) is 0 Å². The molecule has 0 saturated carbocycles. The van der Waals surface area contributed by atoms with Crippen LogP contribution in [0.5, 0.6) is 0 Å². The summed E-state index contributed by atoms with van der Waals surface area (Å²) in [6.45, 7) is 2.45. The molecule has 0 unspecified atom stereocenters. The Hall–Kier alpha value is -1.09. The SMILES string of the molecule is CC(=N)N(C)Cc1ccc(Cl)nc1. The molecule has 70 valence electrons. The molecule has 1 N–H and O–H groups in total. The van der Waals surface area contributed by atoms with Crippen molar-refractivity contribution in [3.63, 3.8) is 0 Å². The van der Waals surface area contributed by atoms with Gasteiger partial charge >= 0.3 is 0 Å². The molecule has 0 fully saturated rings. The first-order chi connectivity index (χ1) is 6.09. The summed E-state index contributed by atoms with van der Waals surface area (Å²) in [7, 11) is 1.87. The van der Waals surface area contributed by atoms with Gasteiger partial charge in [0, 0.05) is 19.8 Å². The summed E-state index contributed by atoms with van der Waals surface area (Å²) in [4.78, 5) is 5.80. The lowest BCUT2D eigenvalue weighted by molar-refractivity contribution is 0.493. The van der Waals surface area contributed by atoms with Crippen molar-refractivity contribution in [2.24, 2.45) is 0 Å². The predicted octanol–water partition coefficient (Wildman–Crippen LogP) is 2.16. The Labute approximate surface area is 82.9 Å². The van der Waals surface area contributed by atoms with E-state index in [-0.39, 0.29) is 0 Å². The number of nitrogens with one attached hydrogen (secondary N) is 1. The van der Waals surface area contributed by atoms with Crippen LogP contribution >= 0.6 is 11.6 Å². The first kappa shape index (κ1) is 9.99. The zero-order valence-electron chi connectivity index (χ0n) is 7.71. The number of aromatic nitrogens is 1. The van der Waals surface area contributed by atoms with Crippen LogP contribution in [0.2, 0.25) is 5.15 Å². The van der Waals surface area contributed by atoms with Gasteiger partial charge in [-0.1, -0.05) is 17.7 Å². The molecule has 1 aromatic rings. The van der Waals surface area contributed by atoms with Gasteiger partial charge in [0.1, 0.15) is 5.15 Å². The minimum absolute atomic E-state index is 0.498. The number of amidine groups is 1. The number of hydrogen-bond donors (Lipinski definition) is 1. The van der Waals surface area contributed by atoms with Crippen molar-refractivity contribution >= 4 is 17.4 Å². The lowest BCUT2D eigenvalue weighted by Crippen LogP contribution is -2.22. The minimum Gasteiger partial charge on any atom is -0.359 e. The molecule has 0 aromatic carbocycles. The Morgan fingerprint density at radius 2 is 2.31 bits per heavy atom. The van der Waals surface area contributed by atoms with E-state index in [0.29, 0.717) is 17.5 Å². The van der Waals surface area contributed by atoms with Crippen LogP contribution in [0.3, 0.4) is 0 Å². The van der Waals surface area contributed by atoms with E-state index in [2.05, 4.69) is 4.98 Å². The average Bonchev–Trinajstić information content (AvgIpc) is 2.08. The molecule has 0 bridgehead atoms. The van der Waals surface area contributed by atoms with Crippen LogP contribution < -0.4 is 0 Å². The standard InChI is InChI=1S/C9H12ClN3/c1-7(11)13(2)6-8-3-4-9(10)12-5-8/h3-5,11H,6H2,1-2H3. The lowest BCUT2D eigenvalue weighted by Gasteiger charge is -2.16. The molecule has 0 radical (unpaired) electrons. The van der Waals surface area contributed by atoms with Crippen LogP contribution in [0, 0.1) is 5.41 Å². The van der Waals surface area contributed by atoms with Gasteiger partial charge in [-0.25, -0.2) is 4.98 Å². The summed E-state index contributed by atoms with van der Waals surface area (Å²) < 4.78 is 0. The maximum absolute atomic E-state index is 7.37.